The van der Waals surface area contributed by atoms with Gasteiger partial charge < -0.3 is 5.32 Å². The van der Waals surface area contributed by atoms with E-state index in [-0.39, 0.29) is 0 Å². The molecule has 0 aliphatic carbocycles. The molecule has 0 aliphatic heterocycles. The Morgan fingerprint density at radius 1 is 1.12 bits per heavy atom. The summed E-state index contributed by atoms with van der Waals surface area (Å²) in [5, 5.41) is 3.12. The van der Waals surface area contributed by atoms with E-state index in [0.717, 1.165) is 18.3 Å². The Morgan fingerprint density at radius 3 is 2.47 bits per heavy atom. The lowest BCUT2D eigenvalue weighted by Gasteiger charge is -2.06. The number of rotatable bonds is 3. The van der Waals surface area contributed by atoms with Gasteiger partial charge in [0.2, 0.25) is 0 Å². The van der Waals surface area contributed by atoms with Gasteiger partial charge in [-0.2, -0.15) is 0 Å². The Balaban J connectivity index is 2.41. The summed E-state index contributed by atoms with van der Waals surface area (Å²) in [6, 6.07) is 6.94. The monoisotopic (exact) mass is 234 g/mol. The Bertz CT molecular complexity index is 506. The van der Waals surface area contributed by atoms with E-state index in [9.17, 15) is 8.78 Å². The van der Waals surface area contributed by atoms with Crippen LogP contribution in [0.25, 0.3) is 11.3 Å². The van der Waals surface area contributed by atoms with Crippen molar-refractivity contribution in [2.75, 3.05) is 11.9 Å². The zero-order valence-corrected chi connectivity index (χ0v) is 9.37. The second kappa shape index (κ2) is 4.91. The number of pyridine rings is 1. The van der Waals surface area contributed by atoms with Crippen LogP contribution in [0.5, 0.6) is 0 Å². The van der Waals surface area contributed by atoms with Gasteiger partial charge in [0.05, 0.1) is 5.69 Å². The molecule has 2 rings (SSSR count). The Labute approximate surface area is 98.3 Å². The molecule has 0 unspecified atom stereocenters. The molecule has 2 nitrogen and oxygen atoms in total. The van der Waals surface area contributed by atoms with Crippen LogP contribution in [0.1, 0.15) is 6.92 Å². The minimum absolute atomic E-state index is 0.433. The first kappa shape index (κ1) is 11.5. The standard InChI is InChI=1S/C13H12F2N2/c1-2-16-12-3-4-17-13(8-12)9-5-10(14)7-11(15)6-9/h3-8H,2H2,1H3,(H,16,17). The van der Waals surface area contributed by atoms with E-state index in [1.54, 1.807) is 12.3 Å². The average molecular weight is 234 g/mol. The molecule has 0 radical (unpaired) electrons. The largest absolute Gasteiger partial charge is 0.385 e. The smallest absolute Gasteiger partial charge is 0.126 e. The molecule has 0 aliphatic rings. The number of nitrogens with zero attached hydrogens (tertiary/aromatic N) is 1. The fraction of sp³-hybridized carbons (Fsp3) is 0.154. The average Bonchev–Trinajstić information content (AvgIpc) is 2.28. The fourth-order valence-corrected chi connectivity index (χ4v) is 1.60. The topological polar surface area (TPSA) is 24.9 Å². The second-order valence-electron chi connectivity index (χ2n) is 3.62. The van der Waals surface area contributed by atoms with Gasteiger partial charge in [0.1, 0.15) is 11.6 Å². The van der Waals surface area contributed by atoms with E-state index in [4.69, 9.17) is 0 Å². The van der Waals surface area contributed by atoms with Gasteiger partial charge in [-0.05, 0) is 31.2 Å². The lowest BCUT2D eigenvalue weighted by molar-refractivity contribution is 0.584. The van der Waals surface area contributed by atoms with Crippen LogP contribution in [-0.2, 0) is 0 Å². The van der Waals surface area contributed by atoms with E-state index in [2.05, 4.69) is 10.3 Å². The second-order valence-corrected chi connectivity index (χ2v) is 3.62. The van der Waals surface area contributed by atoms with E-state index in [0.29, 0.717) is 11.3 Å². The summed E-state index contributed by atoms with van der Waals surface area (Å²) in [6.45, 7) is 2.75. The van der Waals surface area contributed by atoms with Crippen molar-refractivity contribution in [1.82, 2.24) is 4.98 Å². The molecule has 0 saturated carbocycles. The zero-order chi connectivity index (χ0) is 12.3. The van der Waals surface area contributed by atoms with E-state index in [1.807, 2.05) is 13.0 Å². The van der Waals surface area contributed by atoms with Gasteiger partial charge in [-0.15, -0.1) is 0 Å². The highest BCUT2D eigenvalue weighted by Crippen LogP contribution is 2.22. The number of hydrogen-bond acceptors (Lipinski definition) is 2. The summed E-state index contributed by atoms with van der Waals surface area (Å²) < 4.78 is 26.2. The SMILES string of the molecule is CCNc1ccnc(-c2cc(F)cc(F)c2)c1. The molecule has 1 aromatic carbocycles. The summed E-state index contributed by atoms with van der Waals surface area (Å²) in [5.74, 6) is -1.20. The quantitative estimate of drug-likeness (QED) is 0.879. The first-order chi connectivity index (χ1) is 8.19. The van der Waals surface area contributed by atoms with Gasteiger partial charge in [0.25, 0.3) is 0 Å². The van der Waals surface area contributed by atoms with Crippen LogP contribution in [0.3, 0.4) is 0 Å². The summed E-state index contributed by atoms with van der Waals surface area (Å²) in [4.78, 5) is 4.10. The number of aromatic nitrogens is 1. The molecule has 88 valence electrons. The molecule has 0 saturated heterocycles. The molecular weight excluding hydrogens is 222 g/mol. The number of benzene rings is 1. The van der Waals surface area contributed by atoms with Gasteiger partial charge in [-0.25, -0.2) is 8.78 Å². The number of anilines is 1. The molecule has 0 fully saturated rings. The van der Waals surface area contributed by atoms with Gasteiger partial charge in [-0.1, -0.05) is 0 Å². The lowest BCUT2D eigenvalue weighted by Crippen LogP contribution is -1.97. The maximum Gasteiger partial charge on any atom is 0.126 e. The highest BCUT2D eigenvalue weighted by molar-refractivity contribution is 5.64. The molecule has 0 bridgehead atoms. The molecule has 0 amide bonds. The van der Waals surface area contributed by atoms with E-state index in [1.165, 1.54) is 12.1 Å². The van der Waals surface area contributed by atoms with E-state index >= 15 is 0 Å². The van der Waals surface area contributed by atoms with Crippen LogP contribution in [0.2, 0.25) is 0 Å². The molecule has 1 N–H and O–H groups in total. The third kappa shape index (κ3) is 2.78. The predicted molar refractivity (Wildman–Crippen MR) is 63.8 cm³/mol. The summed E-state index contributed by atoms with van der Waals surface area (Å²) in [6.07, 6.45) is 1.61. The molecule has 1 heterocycles. The molecule has 4 heteroatoms. The third-order valence-electron chi connectivity index (χ3n) is 2.30. The molecular formula is C13H12F2N2. The Morgan fingerprint density at radius 2 is 1.82 bits per heavy atom. The van der Waals surface area contributed by atoms with Crippen molar-refractivity contribution >= 4 is 5.69 Å². The zero-order valence-electron chi connectivity index (χ0n) is 9.37. The van der Waals surface area contributed by atoms with Crippen molar-refractivity contribution in [2.45, 2.75) is 6.92 Å². The van der Waals surface area contributed by atoms with Crippen LogP contribution in [0.15, 0.2) is 36.5 Å². The van der Waals surface area contributed by atoms with Gasteiger partial charge in [-0.3, -0.25) is 4.98 Å². The Hall–Kier alpha value is -1.97. The van der Waals surface area contributed by atoms with Gasteiger partial charge in [0.15, 0.2) is 0 Å². The highest BCUT2D eigenvalue weighted by atomic mass is 19.1. The molecule has 2 aromatic rings. The third-order valence-corrected chi connectivity index (χ3v) is 2.30. The fourth-order valence-electron chi connectivity index (χ4n) is 1.60. The molecule has 1 aromatic heterocycles. The molecule has 17 heavy (non-hydrogen) atoms. The summed E-state index contributed by atoms with van der Waals surface area (Å²) >= 11 is 0. The van der Waals surface area contributed by atoms with Crippen LogP contribution in [0.4, 0.5) is 14.5 Å². The molecule has 0 spiro atoms. The van der Waals surface area contributed by atoms with Crippen molar-refractivity contribution in [3.63, 3.8) is 0 Å². The van der Waals surface area contributed by atoms with Crippen molar-refractivity contribution in [3.05, 3.63) is 48.2 Å². The minimum atomic E-state index is -0.601. The highest BCUT2D eigenvalue weighted by Gasteiger charge is 2.05. The van der Waals surface area contributed by atoms with Gasteiger partial charge in [0, 0.05) is 30.1 Å². The number of halogens is 2. The van der Waals surface area contributed by atoms with E-state index < -0.39 is 11.6 Å². The van der Waals surface area contributed by atoms with Crippen molar-refractivity contribution in [3.8, 4) is 11.3 Å². The van der Waals surface area contributed by atoms with Crippen LogP contribution >= 0.6 is 0 Å². The van der Waals surface area contributed by atoms with Crippen LogP contribution in [-0.4, -0.2) is 11.5 Å². The normalized spacial score (nSPS) is 10.3. The minimum Gasteiger partial charge on any atom is -0.385 e. The van der Waals surface area contributed by atoms with Crippen molar-refractivity contribution in [1.29, 1.82) is 0 Å². The van der Waals surface area contributed by atoms with Crippen molar-refractivity contribution < 1.29 is 8.78 Å². The first-order valence-electron chi connectivity index (χ1n) is 5.35. The molecule has 0 atom stereocenters. The number of hydrogen-bond donors (Lipinski definition) is 1. The lowest BCUT2D eigenvalue weighted by atomic mass is 10.1. The van der Waals surface area contributed by atoms with Crippen LogP contribution in [0, 0.1) is 11.6 Å². The maximum atomic E-state index is 13.1. The summed E-state index contributed by atoms with van der Waals surface area (Å²) in [5.41, 5.74) is 1.85. The Kier molecular flexibility index (Phi) is 3.32. The van der Waals surface area contributed by atoms with Crippen LogP contribution < -0.4 is 5.32 Å². The van der Waals surface area contributed by atoms with Gasteiger partial charge >= 0.3 is 0 Å². The first-order valence-corrected chi connectivity index (χ1v) is 5.35. The maximum absolute atomic E-state index is 13.1. The van der Waals surface area contributed by atoms with Crippen molar-refractivity contribution in [2.24, 2.45) is 0 Å². The summed E-state index contributed by atoms with van der Waals surface area (Å²) in [7, 11) is 0. The number of nitrogens with one attached hydrogen (secondary N) is 1. The predicted octanol–water partition coefficient (Wildman–Crippen LogP) is 3.46.